The zero-order valence-corrected chi connectivity index (χ0v) is 7.28. The number of pyridine rings is 1. The molecule has 0 fully saturated rings. The molecule has 0 amide bonds. The second-order valence-corrected chi connectivity index (χ2v) is 2.20. The van der Waals surface area contributed by atoms with Gasteiger partial charge in [-0.1, -0.05) is 13.0 Å². The van der Waals surface area contributed by atoms with Crippen LogP contribution in [0.5, 0.6) is 0 Å². The molecule has 0 saturated carbocycles. The van der Waals surface area contributed by atoms with Crippen molar-refractivity contribution in [3.63, 3.8) is 0 Å². The first kappa shape index (κ1) is 10.6. The van der Waals surface area contributed by atoms with E-state index >= 15 is 0 Å². The molecule has 12 heavy (non-hydrogen) atoms. The maximum Gasteiger partial charge on any atom is 0.0411 e. The highest BCUT2D eigenvalue weighted by molar-refractivity contribution is 5.63. The van der Waals surface area contributed by atoms with Crippen LogP contribution in [-0.2, 0) is 4.79 Å². The Hall–Kier alpha value is -1.38. The van der Waals surface area contributed by atoms with Crippen molar-refractivity contribution in [2.45, 2.75) is 20.3 Å². The van der Waals surface area contributed by atoms with E-state index in [1.54, 1.807) is 6.20 Å². The predicted molar refractivity (Wildman–Crippen MR) is 44.3 cm³/mol. The fraction of sp³-hybridized carbons (Fsp3) is 0.333. The second kappa shape index (κ2) is 6.34. The molecule has 1 rings (SSSR count). The molecule has 0 aliphatic heterocycles. The summed E-state index contributed by atoms with van der Waals surface area (Å²) >= 11 is 0. The number of rotatable bonds is 1. The number of carbonyl (C=O) groups is 1. The normalized spacial score (nSPS) is 8.17. The van der Waals surface area contributed by atoms with E-state index in [-0.39, 0.29) is 6.42 Å². The zero-order valence-electron chi connectivity index (χ0n) is 7.28. The van der Waals surface area contributed by atoms with Gasteiger partial charge in [0.05, 0.1) is 0 Å². The van der Waals surface area contributed by atoms with Crippen LogP contribution in [0.15, 0.2) is 24.4 Å². The lowest BCUT2D eigenvalue weighted by Crippen LogP contribution is -2.19. The number of aromatic nitrogens is 1. The lowest BCUT2D eigenvalue weighted by Gasteiger charge is -1.87. The van der Waals surface area contributed by atoms with Crippen LogP contribution in [0.1, 0.15) is 19.0 Å². The number of carboxylic acid groups (broad SMARTS) is 1. The molecule has 0 radical (unpaired) electrons. The van der Waals surface area contributed by atoms with Crippen LogP contribution in [0.25, 0.3) is 0 Å². The van der Waals surface area contributed by atoms with Crippen LogP contribution < -0.4 is 5.11 Å². The minimum absolute atomic E-state index is 0.111. The molecule has 0 aromatic carbocycles. The van der Waals surface area contributed by atoms with Gasteiger partial charge in [-0.3, -0.25) is 4.98 Å². The van der Waals surface area contributed by atoms with Gasteiger partial charge in [-0.05, 0) is 25.5 Å². The Kier molecular flexibility index (Phi) is 5.61. The van der Waals surface area contributed by atoms with Gasteiger partial charge in [-0.15, -0.1) is 0 Å². The maximum absolute atomic E-state index is 9.26. The third-order valence-electron chi connectivity index (χ3n) is 1.10. The molecule has 1 aromatic rings. The molecule has 3 heteroatoms. The average Bonchev–Trinajstić information content (AvgIpc) is 2.07. The molecule has 0 saturated heterocycles. The number of carboxylic acids is 1. The van der Waals surface area contributed by atoms with Gasteiger partial charge < -0.3 is 9.90 Å². The van der Waals surface area contributed by atoms with Crippen molar-refractivity contribution in [3.05, 3.63) is 30.1 Å². The Balaban J connectivity index is 0.000000217. The average molecular weight is 166 g/mol. The van der Waals surface area contributed by atoms with E-state index in [4.69, 9.17) is 0 Å². The summed E-state index contributed by atoms with van der Waals surface area (Å²) in [5.74, 6) is -0.995. The molecule has 0 aliphatic rings. The number of carbonyl (C=O) groups excluding carboxylic acids is 1. The minimum atomic E-state index is -0.995. The molecule has 3 nitrogen and oxygen atoms in total. The third kappa shape index (κ3) is 6.74. The summed E-state index contributed by atoms with van der Waals surface area (Å²) in [6, 6.07) is 5.86. The lowest BCUT2D eigenvalue weighted by molar-refractivity contribution is -0.305. The van der Waals surface area contributed by atoms with E-state index in [2.05, 4.69) is 4.98 Å². The van der Waals surface area contributed by atoms with Crippen LogP contribution >= 0.6 is 0 Å². The summed E-state index contributed by atoms with van der Waals surface area (Å²) in [6.07, 6.45) is 1.90. The Morgan fingerprint density at radius 2 is 2.17 bits per heavy atom. The van der Waals surface area contributed by atoms with E-state index < -0.39 is 5.97 Å². The SMILES string of the molecule is CCC(=O)[O-].Cc1ccccn1. The van der Waals surface area contributed by atoms with Gasteiger partial charge in [-0.2, -0.15) is 0 Å². The summed E-state index contributed by atoms with van der Waals surface area (Å²) in [5, 5.41) is 9.26. The monoisotopic (exact) mass is 166 g/mol. The van der Waals surface area contributed by atoms with Crippen LogP contribution in [0.4, 0.5) is 0 Å². The predicted octanol–water partition coefficient (Wildman–Crippen LogP) is 0.536. The van der Waals surface area contributed by atoms with Gasteiger partial charge >= 0.3 is 0 Å². The highest BCUT2D eigenvalue weighted by Gasteiger charge is 1.73. The van der Waals surface area contributed by atoms with Crippen LogP contribution in [-0.4, -0.2) is 11.0 Å². The summed E-state index contributed by atoms with van der Waals surface area (Å²) in [6.45, 7) is 3.51. The first-order chi connectivity index (χ1) is 5.66. The van der Waals surface area contributed by atoms with E-state index in [1.807, 2.05) is 25.1 Å². The van der Waals surface area contributed by atoms with Gasteiger partial charge in [0.25, 0.3) is 0 Å². The number of hydrogen-bond acceptors (Lipinski definition) is 3. The molecule has 1 aromatic heterocycles. The van der Waals surface area contributed by atoms with Crippen molar-refractivity contribution < 1.29 is 9.90 Å². The fourth-order valence-electron chi connectivity index (χ4n) is 0.448. The fourth-order valence-corrected chi connectivity index (χ4v) is 0.448. The van der Waals surface area contributed by atoms with Gasteiger partial charge in [0.1, 0.15) is 0 Å². The Morgan fingerprint density at radius 3 is 2.33 bits per heavy atom. The number of nitrogens with zero attached hydrogens (tertiary/aromatic N) is 1. The highest BCUT2D eigenvalue weighted by Crippen LogP contribution is 1.85. The highest BCUT2D eigenvalue weighted by atomic mass is 16.4. The van der Waals surface area contributed by atoms with Crippen molar-refractivity contribution in [2.75, 3.05) is 0 Å². The van der Waals surface area contributed by atoms with Crippen molar-refractivity contribution in [1.82, 2.24) is 4.98 Å². The molecule has 0 unspecified atom stereocenters. The molecule has 0 aliphatic carbocycles. The van der Waals surface area contributed by atoms with Crippen LogP contribution in [0.3, 0.4) is 0 Å². The first-order valence-corrected chi connectivity index (χ1v) is 3.74. The van der Waals surface area contributed by atoms with Crippen molar-refractivity contribution >= 4 is 5.97 Å². The molecule has 1 heterocycles. The number of aryl methyl sites for hydroxylation is 1. The summed E-state index contributed by atoms with van der Waals surface area (Å²) in [7, 11) is 0. The maximum atomic E-state index is 9.26. The van der Waals surface area contributed by atoms with E-state index in [0.29, 0.717) is 0 Å². The first-order valence-electron chi connectivity index (χ1n) is 3.74. The lowest BCUT2D eigenvalue weighted by atomic mass is 10.4. The summed E-state index contributed by atoms with van der Waals surface area (Å²) in [4.78, 5) is 13.2. The number of aliphatic carboxylic acids is 1. The Morgan fingerprint density at radius 1 is 1.58 bits per heavy atom. The molecular formula is C9H12NO2-. The molecule has 66 valence electrons. The molecule has 0 spiro atoms. The van der Waals surface area contributed by atoms with Gasteiger partial charge in [0, 0.05) is 17.9 Å². The van der Waals surface area contributed by atoms with Crippen molar-refractivity contribution in [2.24, 2.45) is 0 Å². The van der Waals surface area contributed by atoms with Gasteiger partial charge in [-0.25, -0.2) is 0 Å². The largest absolute Gasteiger partial charge is 0.550 e. The topological polar surface area (TPSA) is 53.0 Å². The van der Waals surface area contributed by atoms with E-state index in [0.717, 1.165) is 5.69 Å². The second-order valence-electron chi connectivity index (χ2n) is 2.20. The Bertz CT molecular complexity index is 221. The molecule has 0 bridgehead atoms. The third-order valence-corrected chi connectivity index (χ3v) is 1.10. The van der Waals surface area contributed by atoms with E-state index in [1.165, 1.54) is 6.92 Å². The smallest absolute Gasteiger partial charge is 0.0411 e. The zero-order chi connectivity index (χ0) is 9.40. The van der Waals surface area contributed by atoms with Crippen LogP contribution in [0, 0.1) is 6.92 Å². The minimum Gasteiger partial charge on any atom is -0.550 e. The quantitative estimate of drug-likeness (QED) is 0.611. The molecule has 0 N–H and O–H groups in total. The standard InChI is InChI=1S/C6H7N.C3H6O2/c1-6-4-2-3-5-7-6;1-2-3(4)5/h2-5H,1H3;2H2,1H3,(H,4,5)/p-1. The van der Waals surface area contributed by atoms with Crippen molar-refractivity contribution in [3.8, 4) is 0 Å². The van der Waals surface area contributed by atoms with E-state index in [9.17, 15) is 9.90 Å². The summed E-state index contributed by atoms with van der Waals surface area (Å²) in [5.41, 5.74) is 1.07. The molecular weight excluding hydrogens is 154 g/mol. The summed E-state index contributed by atoms with van der Waals surface area (Å²) < 4.78 is 0. The van der Waals surface area contributed by atoms with Crippen molar-refractivity contribution in [1.29, 1.82) is 0 Å². The van der Waals surface area contributed by atoms with Gasteiger partial charge in [0.2, 0.25) is 0 Å². The number of hydrogen-bond donors (Lipinski definition) is 0. The molecule has 0 atom stereocenters. The van der Waals surface area contributed by atoms with Gasteiger partial charge in [0.15, 0.2) is 0 Å². The van der Waals surface area contributed by atoms with Crippen LogP contribution in [0.2, 0.25) is 0 Å². The Labute approximate surface area is 72.1 Å².